The zero-order chi connectivity index (χ0) is 11.5. The molecule has 0 atom stereocenters. The molecule has 0 fully saturated rings. The van der Waals surface area contributed by atoms with Crippen LogP contribution in [0.2, 0.25) is 0 Å². The summed E-state index contributed by atoms with van der Waals surface area (Å²) in [6.07, 6.45) is 0. The van der Waals surface area contributed by atoms with Crippen LogP contribution in [0.25, 0.3) is 0 Å². The van der Waals surface area contributed by atoms with Gasteiger partial charge in [-0.3, -0.25) is 0 Å². The monoisotopic (exact) mass is 403 g/mol. The topological polar surface area (TPSA) is 12.0 Å². The average molecular weight is 406 g/mol. The fourth-order valence-electron chi connectivity index (χ4n) is 1.29. The van der Waals surface area contributed by atoms with Crippen molar-refractivity contribution in [2.75, 3.05) is 5.32 Å². The standard InChI is InChI=1S/C12H8Br3N/c13-8-4-6-9(7-5-8)16-11-3-1-2-10(14)12(11)15/h1-7,16H. The lowest BCUT2D eigenvalue weighted by Crippen LogP contribution is -1.91. The molecule has 0 spiro atoms. The molecule has 2 rings (SSSR count). The van der Waals surface area contributed by atoms with Crippen LogP contribution in [0.4, 0.5) is 11.4 Å². The van der Waals surface area contributed by atoms with Crippen LogP contribution >= 0.6 is 47.8 Å². The predicted octanol–water partition coefficient (Wildman–Crippen LogP) is 5.72. The molecule has 0 radical (unpaired) electrons. The molecule has 2 aromatic rings. The van der Waals surface area contributed by atoms with Crippen LogP contribution in [0.15, 0.2) is 55.9 Å². The van der Waals surface area contributed by atoms with E-state index in [4.69, 9.17) is 0 Å². The molecule has 0 aliphatic carbocycles. The van der Waals surface area contributed by atoms with Gasteiger partial charge < -0.3 is 5.32 Å². The Morgan fingerprint density at radius 2 is 1.50 bits per heavy atom. The lowest BCUT2D eigenvalue weighted by molar-refractivity contribution is 1.49. The highest BCUT2D eigenvalue weighted by Crippen LogP contribution is 2.32. The van der Waals surface area contributed by atoms with E-state index in [0.717, 1.165) is 24.8 Å². The number of anilines is 2. The number of rotatable bonds is 2. The Balaban J connectivity index is 2.27. The molecule has 1 N–H and O–H groups in total. The second kappa shape index (κ2) is 5.34. The van der Waals surface area contributed by atoms with Crippen LogP contribution in [0, 0.1) is 0 Å². The molecule has 82 valence electrons. The van der Waals surface area contributed by atoms with Crippen LogP contribution in [-0.2, 0) is 0 Å². The van der Waals surface area contributed by atoms with E-state index < -0.39 is 0 Å². The van der Waals surface area contributed by atoms with Crippen LogP contribution in [0.1, 0.15) is 0 Å². The van der Waals surface area contributed by atoms with Crippen molar-refractivity contribution in [3.8, 4) is 0 Å². The van der Waals surface area contributed by atoms with Crippen LogP contribution < -0.4 is 5.32 Å². The van der Waals surface area contributed by atoms with Gasteiger partial charge in [-0.1, -0.05) is 22.0 Å². The van der Waals surface area contributed by atoms with E-state index in [0.29, 0.717) is 0 Å². The van der Waals surface area contributed by atoms with Gasteiger partial charge >= 0.3 is 0 Å². The van der Waals surface area contributed by atoms with Gasteiger partial charge in [0.25, 0.3) is 0 Å². The molecular weight excluding hydrogens is 398 g/mol. The highest BCUT2D eigenvalue weighted by molar-refractivity contribution is 9.13. The number of benzene rings is 2. The highest BCUT2D eigenvalue weighted by Gasteiger charge is 2.03. The Kier molecular flexibility index (Phi) is 4.05. The largest absolute Gasteiger partial charge is 0.355 e. The van der Waals surface area contributed by atoms with Crippen molar-refractivity contribution in [3.05, 3.63) is 55.9 Å². The minimum absolute atomic E-state index is 1.03. The molecule has 4 heteroatoms. The zero-order valence-corrected chi connectivity index (χ0v) is 12.9. The summed E-state index contributed by atoms with van der Waals surface area (Å²) in [6.45, 7) is 0. The van der Waals surface area contributed by atoms with E-state index in [-0.39, 0.29) is 0 Å². The van der Waals surface area contributed by atoms with Crippen molar-refractivity contribution in [1.82, 2.24) is 0 Å². The molecule has 0 aromatic heterocycles. The lowest BCUT2D eigenvalue weighted by Gasteiger charge is -2.09. The second-order valence-electron chi connectivity index (χ2n) is 3.23. The molecule has 0 unspecified atom stereocenters. The molecule has 0 heterocycles. The molecule has 2 aromatic carbocycles. The van der Waals surface area contributed by atoms with Crippen molar-refractivity contribution >= 4 is 59.2 Å². The first-order chi connectivity index (χ1) is 7.66. The summed E-state index contributed by atoms with van der Waals surface area (Å²) < 4.78 is 3.14. The summed E-state index contributed by atoms with van der Waals surface area (Å²) >= 11 is 10.4. The average Bonchev–Trinajstić information content (AvgIpc) is 2.28. The van der Waals surface area contributed by atoms with Crippen LogP contribution in [0.3, 0.4) is 0 Å². The van der Waals surface area contributed by atoms with Gasteiger partial charge in [0.2, 0.25) is 0 Å². The number of halogens is 3. The van der Waals surface area contributed by atoms with Crippen molar-refractivity contribution in [1.29, 1.82) is 0 Å². The molecule has 1 nitrogen and oxygen atoms in total. The first-order valence-corrected chi connectivity index (χ1v) is 7.01. The second-order valence-corrected chi connectivity index (χ2v) is 5.80. The van der Waals surface area contributed by atoms with E-state index >= 15 is 0 Å². The van der Waals surface area contributed by atoms with Gasteiger partial charge in [-0.05, 0) is 68.3 Å². The van der Waals surface area contributed by atoms with Gasteiger partial charge in [0, 0.05) is 14.6 Å². The Morgan fingerprint density at radius 3 is 2.19 bits per heavy atom. The fraction of sp³-hybridized carbons (Fsp3) is 0. The summed E-state index contributed by atoms with van der Waals surface area (Å²) in [6, 6.07) is 14.1. The molecule has 0 saturated carbocycles. The third-order valence-electron chi connectivity index (χ3n) is 2.07. The summed E-state index contributed by atoms with van der Waals surface area (Å²) in [4.78, 5) is 0. The molecular formula is C12H8Br3N. The van der Waals surface area contributed by atoms with E-state index in [1.54, 1.807) is 0 Å². The maximum atomic E-state index is 3.53. The van der Waals surface area contributed by atoms with Gasteiger partial charge in [-0.25, -0.2) is 0 Å². The Bertz CT molecular complexity index is 494. The zero-order valence-electron chi connectivity index (χ0n) is 8.18. The molecule has 0 amide bonds. The van der Waals surface area contributed by atoms with E-state index in [1.165, 1.54) is 0 Å². The lowest BCUT2D eigenvalue weighted by atomic mass is 10.3. The first-order valence-electron chi connectivity index (χ1n) is 4.63. The molecule has 16 heavy (non-hydrogen) atoms. The Morgan fingerprint density at radius 1 is 0.812 bits per heavy atom. The highest BCUT2D eigenvalue weighted by atomic mass is 79.9. The van der Waals surface area contributed by atoms with Crippen LogP contribution in [0.5, 0.6) is 0 Å². The number of nitrogens with one attached hydrogen (secondary N) is 1. The maximum Gasteiger partial charge on any atom is 0.0552 e. The van der Waals surface area contributed by atoms with Gasteiger partial charge in [0.05, 0.1) is 10.2 Å². The molecule has 0 aliphatic heterocycles. The Hall–Kier alpha value is -0.320. The van der Waals surface area contributed by atoms with Crippen molar-refractivity contribution in [2.45, 2.75) is 0 Å². The summed E-state index contributed by atoms with van der Waals surface area (Å²) in [5, 5.41) is 3.34. The van der Waals surface area contributed by atoms with Crippen molar-refractivity contribution in [3.63, 3.8) is 0 Å². The van der Waals surface area contributed by atoms with Crippen molar-refractivity contribution in [2.24, 2.45) is 0 Å². The first kappa shape index (κ1) is 12.1. The van der Waals surface area contributed by atoms with E-state index in [1.807, 2.05) is 42.5 Å². The number of hydrogen-bond acceptors (Lipinski definition) is 1. The summed E-state index contributed by atoms with van der Waals surface area (Å²) in [7, 11) is 0. The molecule has 0 aliphatic rings. The fourth-order valence-corrected chi connectivity index (χ4v) is 2.28. The molecule has 0 bridgehead atoms. The van der Waals surface area contributed by atoms with Crippen molar-refractivity contribution < 1.29 is 0 Å². The van der Waals surface area contributed by atoms with Gasteiger partial charge in [0.15, 0.2) is 0 Å². The summed E-state index contributed by atoms with van der Waals surface area (Å²) in [5.41, 5.74) is 2.10. The van der Waals surface area contributed by atoms with Gasteiger partial charge in [-0.15, -0.1) is 0 Å². The third-order valence-corrected chi connectivity index (χ3v) is 4.65. The van der Waals surface area contributed by atoms with E-state index in [9.17, 15) is 0 Å². The van der Waals surface area contributed by atoms with E-state index in [2.05, 4.69) is 53.1 Å². The minimum Gasteiger partial charge on any atom is -0.355 e. The SMILES string of the molecule is Brc1ccc(Nc2cccc(Br)c2Br)cc1. The quantitative estimate of drug-likeness (QED) is 0.674. The third kappa shape index (κ3) is 2.87. The smallest absolute Gasteiger partial charge is 0.0552 e. The summed E-state index contributed by atoms with van der Waals surface area (Å²) in [5.74, 6) is 0. The maximum absolute atomic E-state index is 3.53. The number of hydrogen-bond donors (Lipinski definition) is 1. The minimum atomic E-state index is 1.03. The Labute approximate surface area is 120 Å². The van der Waals surface area contributed by atoms with Crippen LogP contribution in [-0.4, -0.2) is 0 Å². The normalized spacial score (nSPS) is 10.2. The van der Waals surface area contributed by atoms with Gasteiger partial charge in [0.1, 0.15) is 0 Å². The van der Waals surface area contributed by atoms with Gasteiger partial charge in [-0.2, -0.15) is 0 Å². The predicted molar refractivity (Wildman–Crippen MR) is 79.3 cm³/mol. The molecule has 0 saturated heterocycles.